The van der Waals surface area contributed by atoms with Gasteiger partial charge in [0.2, 0.25) is 0 Å². The molecule has 0 spiro atoms. The number of hydrogen-bond acceptors (Lipinski definition) is 4. The summed E-state index contributed by atoms with van der Waals surface area (Å²) in [6.45, 7) is 0. The molecule has 0 saturated carbocycles. The molecule has 0 saturated heterocycles. The molecule has 0 atom stereocenters. The van der Waals surface area contributed by atoms with E-state index in [0.29, 0.717) is 16.7 Å². The average Bonchev–Trinajstić information content (AvgIpc) is 2.53. The van der Waals surface area contributed by atoms with Crippen LogP contribution in [-0.2, 0) is 4.74 Å². The van der Waals surface area contributed by atoms with Crippen molar-refractivity contribution in [2.24, 2.45) is 0 Å². The number of rotatable bonds is 2. The predicted octanol–water partition coefficient (Wildman–Crippen LogP) is 3.49. The van der Waals surface area contributed by atoms with Crippen molar-refractivity contribution < 1.29 is 19.4 Å². The molecule has 0 aromatic heterocycles. The maximum Gasteiger partial charge on any atom is 0.338 e. The summed E-state index contributed by atoms with van der Waals surface area (Å²) in [6, 6.07) is 12.6. The van der Waals surface area contributed by atoms with Gasteiger partial charge in [-0.25, -0.2) is 4.79 Å². The van der Waals surface area contributed by atoms with Crippen LogP contribution >= 0.6 is 0 Å². The fourth-order valence-corrected chi connectivity index (χ4v) is 2.56. The van der Waals surface area contributed by atoms with Crippen LogP contribution in [0.5, 0.6) is 11.5 Å². The number of carbonyl (C=O) groups excluding carboxylic acids is 1. The fraction of sp³-hybridized carbons (Fsp3) is 0.118. The summed E-state index contributed by atoms with van der Waals surface area (Å²) in [5.41, 5.74) is 0.317. The van der Waals surface area contributed by atoms with Gasteiger partial charge in [-0.2, -0.15) is 0 Å². The van der Waals surface area contributed by atoms with E-state index >= 15 is 0 Å². The van der Waals surface area contributed by atoms with E-state index in [1.54, 1.807) is 19.2 Å². The van der Waals surface area contributed by atoms with Gasteiger partial charge in [0.05, 0.1) is 19.8 Å². The molecule has 0 amide bonds. The van der Waals surface area contributed by atoms with E-state index in [1.165, 1.54) is 13.2 Å². The Hall–Kier alpha value is -2.75. The van der Waals surface area contributed by atoms with Gasteiger partial charge in [0.15, 0.2) is 0 Å². The van der Waals surface area contributed by atoms with E-state index in [9.17, 15) is 9.90 Å². The number of phenols is 1. The normalized spacial score (nSPS) is 10.8. The summed E-state index contributed by atoms with van der Waals surface area (Å²) in [5.74, 6) is 0.225. The first-order valence-corrected chi connectivity index (χ1v) is 6.46. The minimum Gasteiger partial charge on any atom is -0.507 e. The van der Waals surface area contributed by atoms with E-state index in [0.717, 1.165) is 16.2 Å². The highest BCUT2D eigenvalue weighted by atomic mass is 16.5. The molecule has 0 bridgehead atoms. The Morgan fingerprint density at radius 3 is 2.33 bits per heavy atom. The Morgan fingerprint density at radius 1 is 0.952 bits per heavy atom. The molecule has 106 valence electrons. The molecule has 3 rings (SSSR count). The van der Waals surface area contributed by atoms with Crippen LogP contribution in [0.4, 0.5) is 0 Å². The Balaban J connectivity index is 2.46. The highest BCUT2D eigenvalue weighted by molar-refractivity contribution is 6.13. The van der Waals surface area contributed by atoms with Crippen LogP contribution in [0.1, 0.15) is 10.4 Å². The number of fused-ring (bicyclic) bond motifs is 3. The minimum absolute atomic E-state index is 0.0250. The van der Waals surface area contributed by atoms with Crippen molar-refractivity contribution in [1.29, 1.82) is 0 Å². The number of esters is 1. The van der Waals surface area contributed by atoms with Crippen LogP contribution < -0.4 is 4.74 Å². The van der Waals surface area contributed by atoms with Gasteiger partial charge < -0.3 is 14.6 Å². The quantitative estimate of drug-likeness (QED) is 0.577. The molecular formula is C17H14O4. The van der Waals surface area contributed by atoms with Gasteiger partial charge in [-0.1, -0.05) is 24.3 Å². The summed E-state index contributed by atoms with van der Waals surface area (Å²) >= 11 is 0. The van der Waals surface area contributed by atoms with Gasteiger partial charge in [-0.3, -0.25) is 0 Å². The lowest BCUT2D eigenvalue weighted by Crippen LogP contribution is -2.01. The Labute approximate surface area is 121 Å². The van der Waals surface area contributed by atoms with Crippen molar-refractivity contribution in [2.45, 2.75) is 0 Å². The number of aromatic hydroxyl groups is 1. The Bertz CT molecular complexity index is 852. The van der Waals surface area contributed by atoms with Crippen molar-refractivity contribution in [2.75, 3.05) is 14.2 Å². The number of ether oxygens (including phenoxy) is 2. The lowest BCUT2D eigenvalue weighted by atomic mass is 9.98. The van der Waals surface area contributed by atoms with Crippen LogP contribution in [0.25, 0.3) is 21.5 Å². The molecule has 3 aromatic carbocycles. The van der Waals surface area contributed by atoms with Crippen molar-refractivity contribution in [3.63, 3.8) is 0 Å². The van der Waals surface area contributed by atoms with Crippen LogP contribution in [0.2, 0.25) is 0 Å². The molecular weight excluding hydrogens is 268 g/mol. The van der Waals surface area contributed by atoms with Crippen LogP contribution in [-0.4, -0.2) is 25.3 Å². The van der Waals surface area contributed by atoms with Crippen molar-refractivity contribution >= 4 is 27.5 Å². The molecule has 0 unspecified atom stereocenters. The lowest BCUT2D eigenvalue weighted by molar-refractivity contribution is 0.0600. The maximum atomic E-state index is 11.7. The first-order chi connectivity index (χ1) is 10.2. The van der Waals surface area contributed by atoms with Gasteiger partial charge in [0.25, 0.3) is 0 Å². The molecule has 21 heavy (non-hydrogen) atoms. The smallest absolute Gasteiger partial charge is 0.338 e. The van der Waals surface area contributed by atoms with E-state index in [4.69, 9.17) is 9.47 Å². The van der Waals surface area contributed by atoms with Crippen LogP contribution in [0.3, 0.4) is 0 Å². The summed E-state index contributed by atoms with van der Waals surface area (Å²) in [5, 5.41) is 13.5. The van der Waals surface area contributed by atoms with Crippen LogP contribution in [0.15, 0.2) is 42.5 Å². The second-order valence-corrected chi connectivity index (χ2v) is 4.71. The third-order valence-electron chi connectivity index (χ3n) is 3.56. The van der Waals surface area contributed by atoms with E-state index < -0.39 is 5.97 Å². The van der Waals surface area contributed by atoms with E-state index in [-0.39, 0.29) is 5.75 Å². The average molecular weight is 282 g/mol. The molecule has 0 fully saturated rings. The molecule has 0 aliphatic heterocycles. The molecule has 0 aliphatic carbocycles. The molecule has 0 aliphatic rings. The summed E-state index contributed by atoms with van der Waals surface area (Å²) in [4.78, 5) is 11.7. The maximum absolute atomic E-state index is 11.7. The zero-order valence-corrected chi connectivity index (χ0v) is 11.7. The van der Waals surface area contributed by atoms with Crippen molar-refractivity contribution in [3.8, 4) is 11.5 Å². The zero-order valence-electron chi connectivity index (χ0n) is 11.7. The van der Waals surface area contributed by atoms with Gasteiger partial charge in [-0.05, 0) is 29.0 Å². The third kappa shape index (κ3) is 2.05. The largest absolute Gasteiger partial charge is 0.507 e. The van der Waals surface area contributed by atoms with Gasteiger partial charge in [-0.15, -0.1) is 0 Å². The first kappa shape index (κ1) is 13.2. The number of hydrogen-bond donors (Lipinski definition) is 1. The standard InChI is InChI=1S/C17H14O4/c1-20-16-9-14-13(11-5-3-4-6-12(11)16)7-10(8-15(14)18)17(19)21-2/h3-9,18H,1-2H3. The number of methoxy groups -OCH3 is 2. The van der Waals surface area contributed by atoms with Gasteiger partial charge in [0, 0.05) is 10.8 Å². The monoisotopic (exact) mass is 282 g/mol. The van der Waals surface area contributed by atoms with Crippen molar-refractivity contribution in [1.82, 2.24) is 0 Å². The molecule has 1 N–H and O–H groups in total. The highest BCUT2D eigenvalue weighted by Gasteiger charge is 2.14. The third-order valence-corrected chi connectivity index (χ3v) is 3.56. The lowest BCUT2D eigenvalue weighted by Gasteiger charge is -2.11. The number of benzene rings is 3. The number of phenolic OH excluding ortho intramolecular Hbond substituents is 1. The topological polar surface area (TPSA) is 55.8 Å². The Kier molecular flexibility index (Phi) is 3.14. The molecule has 4 nitrogen and oxygen atoms in total. The van der Waals surface area contributed by atoms with E-state index in [2.05, 4.69) is 0 Å². The summed E-state index contributed by atoms with van der Waals surface area (Å²) in [6.07, 6.45) is 0. The highest BCUT2D eigenvalue weighted by Crippen LogP contribution is 2.37. The minimum atomic E-state index is -0.480. The molecule has 3 aromatic rings. The fourth-order valence-electron chi connectivity index (χ4n) is 2.56. The second kappa shape index (κ2) is 4.98. The number of carbonyl (C=O) groups is 1. The van der Waals surface area contributed by atoms with Crippen LogP contribution in [0, 0.1) is 0 Å². The molecule has 4 heteroatoms. The summed E-state index contributed by atoms with van der Waals surface area (Å²) in [7, 11) is 2.91. The second-order valence-electron chi connectivity index (χ2n) is 4.71. The zero-order chi connectivity index (χ0) is 15.0. The summed E-state index contributed by atoms with van der Waals surface area (Å²) < 4.78 is 10.1. The predicted molar refractivity (Wildman–Crippen MR) is 81.0 cm³/mol. The first-order valence-electron chi connectivity index (χ1n) is 6.46. The van der Waals surface area contributed by atoms with Gasteiger partial charge >= 0.3 is 5.97 Å². The molecule has 0 heterocycles. The molecule has 0 radical (unpaired) electrons. The Morgan fingerprint density at radius 2 is 1.67 bits per heavy atom. The van der Waals surface area contributed by atoms with Gasteiger partial charge in [0.1, 0.15) is 11.5 Å². The van der Waals surface area contributed by atoms with Crippen molar-refractivity contribution in [3.05, 3.63) is 48.0 Å². The SMILES string of the molecule is COC(=O)c1cc(O)c2cc(OC)c3ccccc3c2c1. The van der Waals surface area contributed by atoms with E-state index in [1.807, 2.05) is 24.3 Å².